The smallest absolute Gasteiger partial charge is 0.334 e. The standard InChI is InChI=1S/C16H15BrO5/c1-10-7-8-12(14(18)19)13(16(10,17)15(20)21)22-9-11-5-3-2-4-6-11/h2-8,13H,9H2,1H3,(H,18,19)(H,20,21). The molecule has 0 bridgehead atoms. The largest absolute Gasteiger partial charge is 0.480 e. The number of rotatable bonds is 5. The van der Waals surface area contributed by atoms with E-state index < -0.39 is 22.4 Å². The van der Waals surface area contributed by atoms with Gasteiger partial charge in [-0.3, -0.25) is 4.79 Å². The molecular weight excluding hydrogens is 352 g/mol. The molecule has 5 nitrogen and oxygen atoms in total. The molecule has 1 aromatic carbocycles. The Hall–Kier alpha value is -1.92. The summed E-state index contributed by atoms with van der Waals surface area (Å²) in [6, 6.07) is 9.17. The van der Waals surface area contributed by atoms with E-state index in [0.29, 0.717) is 5.57 Å². The lowest BCUT2D eigenvalue weighted by atomic mass is 9.84. The number of halogens is 1. The first-order valence-corrected chi connectivity index (χ1v) is 7.36. The van der Waals surface area contributed by atoms with Crippen LogP contribution in [0.4, 0.5) is 0 Å². The predicted octanol–water partition coefficient (Wildman–Crippen LogP) is 2.76. The van der Waals surface area contributed by atoms with Gasteiger partial charge in [-0.1, -0.05) is 52.3 Å². The highest BCUT2D eigenvalue weighted by atomic mass is 79.9. The molecule has 22 heavy (non-hydrogen) atoms. The van der Waals surface area contributed by atoms with Gasteiger partial charge in [0.2, 0.25) is 0 Å². The van der Waals surface area contributed by atoms with Gasteiger partial charge < -0.3 is 14.9 Å². The number of hydrogen-bond donors (Lipinski definition) is 2. The third-order valence-corrected chi connectivity index (χ3v) is 4.93. The molecule has 0 saturated heterocycles. The highest BCUT2D eigenvalue weighted by Crippen LogP contribution is 2.40. The molecule has 0 heterocycles. The monoisotopic (exact) mass is 366 g/mol. The quantitative estimate of drug-likeness (QED) is 0.782. The van der Waals surface area contributed by atoms with E-state index in [-0.39, 0.29) is 12.2 Å². The summed E-state index contributed by atoms with van der Waals surface area (Å²) in [5.74, 6) is -2.39. The Labute approximate surface area is 136 Å². The Morgan fingerprint density at radius 1 is 1.23 bits per heavy atom. The predicted molar refractivity (Wildman–Crippen MR) is 83.8 cm³/mol. The fourth-order valence-corrected chi connectivity index (χ4v) is 2.78. The number of aliphatic carboxylic acids is 2. The summed E-state index contributed by atoms with van der Waals surface area (Å²) in [5.41, 5.74) is 1.21. The summed E-state index contributed by atoms with van der Waals surface area (Å²) in [6.07, 6.45) is 1.73. The van der Waals surface area contributed by atoms with Crippen molar-refractivity contribution in [1.82, 2.24) is 0 Å². The summed E-state index contributed by atoms with van der Waals surface area (Å²) >= 11 is 3.18. The number of alkyl halides is 1. The van der Waals surface area contributed by atoms with Crippen LogP contribution in [-0.2, 0) is 20.9 Å². The van der Waals surface area contributed by atoms with Gasteiger partial charge in [-0.05, 0) is 24.1 Å². The van der Waals surface area contributed by atoms with Crippen molar-refractivity contribution in [2.45, 2.75) is 24.0 Å². The molecule has 1 aromatic rings. The number of benzene rings is 1. The second-order valence-electron chi connectivity index (χ2n) is 4.97. The molecule has 0 spiro atoms. The van der Waals surface area contributed by atoms with Gasteiger partial charge in [0.05, 0.1) is 12.2 Å². The molecule has 2 N–H and O–H groups in total. The number of carboxylic acids is 2. The van der Waals surface area contributed by atoms with Crippen LogP contribution < -0.4 is 0 Å². The number of carboxylic acid groups (broad SMARTS) is 2. The minimum Gasteiger partial charge on any atom is -0.480 e. The zero-order chi connectivity index (χ0) is 16.3. The average molecular weight is 367 g/mol. The lowest BCUT2D eigenvalue weighted by Crippen LogP contribution is -2.50. The van der Waals surface area contributed by atoms with E-state index in [4.69, 9.17) is 4.74 Å². The van der Waals surface area contributed by atoms with Crippen LogP contribution in [0.15, 0.2) is 53.6 Å². The molecule has 116 valence electrons. The van der Waals surface area contributed by atoms with Crippen LogP contribution in [0.25, 0.3) is 0 Å². The summed E-state index contributed by atoms with van der Waals surface area (Å²) in [4.78, 5) is 23.1. The van der Waals surface area contributed by atoms with Crippen LogP contribution in [0.5, 0.6) is 0 Å². The molecule has 0 amide bonds. The maximum Gasteiger partial charge on any atom is 0.334 e. The second-order valence-corrected chi connectivity index (χ2v) is 6.22. The van der Waals surface area contributed by atoms with Crippen LogP contribution >= 0.6 is 15.9 Å². The molecule has 0 fully saturated rings. The minimum atomic E-state index is -1.59. The van der Waals surface area contributed by atoms with Gasteiger partial charge in [0.15, 0.2) is 4.32 Å². The molecule has 0 aliphatic heterocycles. The van der Waals surface area contributed by atoms with Crippen LogP contribution in [0.2, 0.25) is 0 Å². The Morgan fingerprint density at radius 3 is 2.41 bits per heavy atom. The minimum absolute atomic E-state index is 0.0965. The topological polar surface area (TPSA) is 83.8 Å². The average Bonchev–Trinajstić information content (AvgIpc) is 2.49. The molecule has 0 radical (unpaired) electrons. The molecule has 0 aromatic heterocycles. The van der Waals surface area contributed by atoms with E-state index in [2.05, 4.69) is 15.9 Å². The Morgan fingerprint density at radius 2 is 1.86 bits per heavy atom. The third kappa shape index (κ3) is 2.98. The first kappa shape index (κ1) is 16.5. The fraction of sp³-hybridized carbons (Fsp3) is 0.250. The summed E-state index contributed by atoms with van der Waals surface area (Å²) in [7, 11) is 0. The normalized spacial score (nSPS) is 24.4. The molecule has 6 heteroatoms. The molecule has 2 atom stereocenters. The summed E-state index contributed by atoms with van der Waals surface area (Å²) < 4.78 is 4.08. The van der Waals surface area contributed by atoms with Crippen molar-refractivity contribution >= 4 is 27.9 Å². The van der Waals surface area contributed by atoms with Gasteiger partial charge in [-0.2, -0.15) is 0 Å². The Bertz CT molecular complexity index is 650. The maximum absolute atomic E-state index is 11.7. The molecular formula is C16H15BrO5. The number of carbonyl (C=O) groups is 2. The summed E-state index contributed by atoms with van der Waals surface area (Å²) in [6.45, 7) is 1.74. The number of ether oxygens (including phenoxy) is 1. The molecule has 2 unspecified atom stereocenters. The third-order valence-electron chi connectivity index (χ3n) is 3.55. The van der Waals surface area contributed by atoms with Crippen molar-refractivity contribution in [3.63, 3.8) is 0 Å². The van der Waals surface area contributed by atoms with E-state index in [1.54, 1.807) is 6.92 Å². The van der Waals surface area contributed by atoms with Crippen molar-refractivity contribution < 1.29 is 24.5 Å². The number of allylic oxidation sites excluding steroid dienone is 2. The second kappa shape index (κ2) is 6.46. The first-order valence-electron chi connectivity index (χ1n) is 6.57. The molecule has 1 aliphatic carbocycles. The Balaban J connectivity index is 2.33. The van der Waals surface area contributed by atoms with Gasteiger partial charge in [-0.25, -0.2) is 4.79 Å². The molecule has 0 saturated carbocycles. The van der Waals surface area contributed by atoms with Crippen LogP contribution in [0, 0.1) is 0 Å². The van der Waals surface area contributed by atoms with Gasteiger partial charge in [-0.15, -0.1) is 0 Å². The van der Waals surface area contributed by atoms with Gasteiger partial charge in [0.1, 0.15) is 6.10 Å². The zero-order valence-corrected chi connectivity index (χ0v) is 13.4. The Kier molecular flexibility index (Phi) is 4.83. The maximum atomic E-state index is 11.7. The van der Waals surface area contributed by atoms with E-state index in [9.17, 15) is 19.8 Å². The van der Waals surface area contributed by atoms with E-state index >= 15 is 0 Å². The number of hydrogen-bond acceptors (Lipinski definition) is 3. The van der Waals surface area contributed by atoms with Crippen molar-refractivity contribution in [2.24, 2.45) is 0 Å². The van der Waals surface area contributed by atoms with Crippen LogP contribution in [0.1, 0.15) is 12.5 Å². The van der Waals surface area contributed by atoms with Crippen molar-refractivity contribution in [1.29, 1.82) is 0 Å². The van der Waals surface area contributed by atoms with E-state index in [1.807, 2.05) is 30.3 Å². The summed E-state index contributed by atoms with van der Waals surface area (Å²) in [5, 5.41) is 18.9. The first-order chi connectivity index (χ1) is 10.4. The van der Waals surface area contributed by atoms with Crippen molar-refractivity contribution in [2.75, 3.05) is 0 Å². The van der Waals surface area contributed by atoms with Gasteiger partial charge >= 0.3 is 11.9 Å². The molecule has 2 rings (SSSR count). The van der Waals surface area contributed by atoms with Crippen LogP contribution in [-0.4, -0.2) is 32.6 Å². The van der Waals surface area contributed by atoms with Crippen LogP contribution in [0.3, 0.4) is 0 Å². The van der Waals surface area contributed by atoms with Crippen molar-refractivity contribution in [3.8, 4) is 0 Å². The highest BCUT2D eigenvalue weighted by Gasteiger charge is 2.51. The van der Waals surface area contributed by atoms with Crippen molar-refractivity contribution in [3.05, 3.63) is 59.2 Å². The SMILES string of the molecule is CC1=CC=C(C(=O)O)C(OCc2ccccc2)C1(Br)C(=O)O. The molecule has 1 aliphatic rings. The highest BCUT2D eigenvalue weighted by molar-refractivity contribution is 9.10. The lowest BCUT2D eigenvalue weighted by molar-refractivity contribution is -0.143. The van der Waals surface area contributed by atoms with E-state index in [0.717, 1.165) is 5.56 Å². The van der Waals surface area contributed by atoms with Gasteiger partial charge in [0, 0.05) is 0 Å². The fourth-order valence-electron chi connectivity index (χ4n) is 2.27. The van der Waals surface area contributed by atoms with Gasteiger partial charge in [0.25, 0.3) is 0 Å². The van der Waals surface area contributed by atoms with E-state index in [1.165, 1.54) is 12.2 Å². The lowest BCUT2D eigenvalue weighted by Gasteiger charge is -2.35. The zero-order valence-electron chi connectivity index (χ0n) is 11.8.